The maximum Gasteiger partial charge on any atom is 0.306 e. The Hall–Kier alpha value is -2.92. The van der Waals surface area contributed by atoms with E-state index in [1.807, 2.05) is 0 Å². The number of carbonyl (C=O) groups is 2. The molecule has 1 atom stereocenters. The number of rotatable bonds is 51. The third-order valence-electron chi connectivity index (χ3n) is 11.9. The van der Waals surface area contributed by atoms with Crippen molar-refractivity contribution in [3.05, 3.63) is 85.1 Å². The second-order valence-electron chi connectivity index (χ2n) is 18.5. The van der Waals surface area contributed by atoms with Crippen molar-refractivity contribution in [2.45, 2.75) is 271 Å². The molecule has 0 aliphatic rings. The third kappa shape index (κ3) is 53.7. The highest BCUT2D eigenvalue weighted by atomic mass is 16.6. The van der Waals surface area contributed by atoms with Crippen molar-refractivity contribution in [2.24, 2.45) is 0 Å². The Morgan fingerprint density at radius 2 is 0.682 bits per heavy atom. The molecule has 1 unspecified atom stereocenters. The van der Waals surface area contributed by atoms with Crippen LogP contribution in [0, 0.1) is 0 Å². The normalized spacial score (nSPS) is 12.8. The number of hydrogen-bond donors (Lipinski definition) is 0. The van der Waals surface area contributed by atoms with Crippen LogP contribution < -0.4 is 0 Å². The lowest BCUT2D eigenvalue weighted by molar-refractivity contribution is -0.163. The Bertz CT molecular complexity index is 1220. The Balaban J connectivity index is 4.26. The van der Waals surface area contributed by atoms with Crippen LogP contribution in [0.3, 0.4) is 0 Å². The maximum atomic E-state index is 12.8. The first-order valence-corrected chi connectivity index (χ1v) is 28.1. The Kier molecular flexibility index (Phi) is 53.9. The number of esters is 2. The average molecular weight is 920 g/mol. The fourth-order valence-corrected chi connectivity index (χ4v) is 7.74. The summed E-state index contributed by atoms with van der Waals surface area (Å²) in [4.78, 5) is 25.4. The number of hydrogen-bond acceptors (Lipinski definition) is 5. The molecule has 0 aromatic rings. The van der Waals surface area contributed by atoms with E-state index in [0.29, 0.717) is 19.4 Å². The molecule has 0 saturated heterocycles. The zero-order chi connectivity index (χ0) is 47.7. The lowest BCUT2D eigenvalue weighted by atomic mass is 10.1. The number of carbonyl (C=O) groups excluding carboxylic acids is 2. The third-order valence-corrected chi connectivity index (χ3v) is 11.9. The van der Waals surface area contributed by atoms with Crippen molar-refractivity contribution in [3.8, 4) is 0 Å². The molecule has 0 radical (unpaired) electrons. The summed E-state index contributed by atoms with van der Waals surface area (Å²) in [5, 5.41) is 0. The molecule has 0 spiro atoms. The molecule has 5 heteroatoms. The van der Waals surface area contributed by atoms with E-state index in [0.717, 1.165) is 89.9 Å². The van der Waals surface area contributed by atoms with Gasteiger partial charge in [0.05, 0.1) is 6.61 Å². The van der Waals surface area contributed by atoms with Gasteiger partial charge in [0.15, 0.2) is 6.10 Å². The van der Waals surface area contributed by atoms with Gasteiger partial charge in [-0.3, -0.25) is 9.59 Å². The molecule has 0 aromatic carbocycles. The van der Waals surface area contributed by atoms with Crippen molar-refractivity contribution in [3.63, 3.8) is 0 Å². The van der Waals surface area contributed by atoms with E-state index in [9.17, 15) is 9.59 Å². The molecule has 0 heterocycles. The Morgan fingerprint density at radius 3 is 1.12 bits per heavy atom. The molecule has 0 fully saturated rings. The van der Waals surface area contributed by atoms with Crippen LogP contribution in [0.2, 0.25) is 0 Å². The largest absolute Gasteiger partial charge is 0.462 e. The van der Waals surface area contributed by atoms with Crippen LogP contribution in [0.1, 0.15) is 265 Å². The zero-order valence-corrected chi connectivity index (χ0v) is 43.7. The predicted molar refractivity (Wildman–Crippen MR) is 288 cm³/mol. The molecule has 0 saturated carbocycles. The second-order valence-corrected chi connectivity index (χ2v) is 18.5. The highest BCUT2D eigenvalue weighted by Crippen LogP contribution is 2.15. The number of allylic oxidation sites excluding steroid dienone is 14. The van der Waals surface area contributed by atoms with E-state index >= 15 is 0 Å². The first-order chi connectivity index (χ1) is 32.6. The average Bonchev–Trinajstić information content (AvgIpc) is 3.32. The van der Waals surface area contributed by atoms with Gasteiger partial charge in [-0.1, -0.05) is 241 Å². The smallest absolute Gasteiger partial charge is 0.306 e. The minimum Gasteiger partial charge on any atom is -0.462 e. The predicted octanol–water partition coefficient (Wildman–Crippen LogP) is 19.2. The zero-order valence-electron chi connectivity index (χ0n) is 43.7. The molecule has 0 amide bonds. The van der Waals surface area contributed by atoms with E-state index in [4.69, 9.17) is 14.2 Å². The lowest BCUT2D eigenvalue weighted by Gasteiger charge is -2.18. The monoisotopic (exact) mass is 919 g/mol. The van der Waals surface area contributed by atoms with E-state index in [-0.39, 0.29) is 25.2 Å². The fraction of sp³-hybridized carbons (Fsp3) is 0.738. The molecule has 0 aliphatic heterocycles. The SMILES string of the molecule is CC/C=C\C/C=C\C/C=C\C/C=C\CCCCCCCCCOCC(COC(=O)CCCCCCCC/C=C\C/C=C\C/C=C\CCCCC)OC(=O)CCCCCCCCCCCCC. The van der Waals surface area contributed by atoms with Crippen molar-refractivity contribution < 1.29 is 23.8 Å². The van der Waals surface area contributed by atoms with Gasteiger partial charge >= 0.3 is 11.9 Å². The van der Waals surface area contributed by atoms with Gasteiger partial charge in [0.1, 0.15) is 6.61 Å². The molecule has 0 bridgehead atoms. The topological polar surface area (TPSA) is 61.8 Å². The van der Waals surface area contributed by atoms with Gasteiger partial charge in [-0.25, -0.2) is 0 Å². The standard InChI is InChI=1S/C61H106O5/c1-4-7-10-13-16-19-22-24-26-28-30-32-34-36-38-41-44-47-50-53-56-64-57-59(66-61(63)55-52-49-46-43-39-21-18-15-12-9-6-3)58-65-60(62)54-51-48-45-42-40-37-35-33-31-29-27-25-23-20-17-14-11-8-5-2/h7,10,16-17,19-20,24-27,30-33,59H,4-6,8-9,11-15,18,21-23,28-29,34-58H2,1-3H3/b10-7-,19-16-,20-17-,26-24-,27-25-,32-30-,33-31-. The summed E-state index contributed by atoms with van der Waals surface area (Å²) >= 11 is 0. The number of unbranched alkanes of at least 4 members (excludes halogenated alkanes) is 26. The van der Waals surface area contributed by atoms with Crippen LogP contribution in [-0.2, 0) is 23.8 Å². The molecule has 0 rings (SSSR count). The van der Waals surface area contributed by atoms with Gasteiger partial charge in [-0.15, -0.1) is 0 Å². The summed E-state index contributed by atoms with van der Waals surface area (Å²) in [7, 11) is 0. The summed E-state index contributed by atoms with van der Waals surface area (Å²) in [6.07, 6.45) is 74.5. The van der Waals surface area contributed by atoms with Crippen molar-refractivity contribution in [2.75, 3.05) is 19.8 Å². The van der Waals surface area contributed by atoms with Gasteiger partial charge in [-0.2, -0.15) is 0 Å². The molecule has 0 aliphatic carbocycles. The minimum atomic E-state index is -0.549. The lowest BCUT2D eigenvalue weighted by Crippen LogP contribution is -2.30. The van der Waals surface area contributed by atoms with Crippen LogP contribution in [-0.4, -0.2) is 37.9 Å². The molecule has 0 aromatic heterocycles. The quantitative estimate of drug-likeness (QED) is 0.0346. The first-order valence-electron chi connectivity index (χ1n) is 28.1. The van der Waals surface area contributed by atoms with Crippen molar-refractivity contribution in [1.29, 1.82) is 0 Å². The Morgan fingerprint density at radius 1 is 0.348 bits per heavy atom. The molecule has 5 nitrogen and oxygen atoms in total. The summed E-state index contributed by atoms with van der Waals surface area (Å²) in [6.45, 7) is 7.66. The van der Waals surface area contributed by atoms with Crippen molar-refractivity contribution >= 4 is 11.9 Å². The second kappa shape index (κ2) is 56.4. The highest BCUT2D eigenvalue weighted by Gasteiger charge is 2.17. The van der Waals surface area contributed by atoms with Crippen LogP contribution in [0.15, 0.2) is 85.1 Å². The number of ether oxygens (including phenoxy) is 3. The van der Waals surface area contributed by atoms with Crippen LogP contribution in [0.25, 0.3) is 0 Å². The summed E-state index contributed by atoms with van der Waals surface area (Å²) in [5.41, 5.74) is 0. The van der Waals surface area contributed by atoms with Crippen LogP contribution in [0.4, 0.5) is 0 Å². The maximum absolute atomic E-state index is 12.8. The van der Waals surface area contributed by atoms with Gasteiger partial charge in [0.2, 0.25) is 0 Å². The summed E-state index contributed by atoms with van der Waals surface area (Å²) in [6, 6.07) is 0. The van der Waals surface area contributed by atoms with Gasteiger partial charge in [0, 0.05) is 19.4 Å². The summed E-state index contributed by atoms with van der Waals surface area (Å²) < 4.78 is 17.4. The molecule has 66 heavy (non-hydrogen) atoms. The molecular formula is C61H106O5. The highest BCUT2D eigenvalue weighted by molar-refractivity contribution is 5.70. The first kappa shape index (κ1) is 63.1. The molecular weight excluding hydrogens is 813 g/mol. The summed E-state index contributed by atoms with van der Waals surface area (Å²) in [5.74, 6) is -0.414. The van der Waals surface area contributed by atoms with Gasteiger partial charge in [-0.05, 0) is 96.3 Å². The Labute approximate surface area is 409 Å². The molecule has 0 N–H and O–H groups in total. The van der Waals surface area contributed by atoms with E-state index < -0.39 is 6.10 Å². The van der Waals surface area contributed by atoms with E-state index in [1.54, 1.807) is 0 Å². The fourth-order valence-electron chi connectivity index (χ4n) is 7.74. The van der Waals surface area contributed by atoms with Gasteiger partial charge in [0.25, 0.3) is 0 Å². The van der Waals surface area contributed by atoms with Crippen LogP contribution >= 0.6 is 0 Å². The molecule has 380 valence electrons. The van der Waals surface area contributed by atoms with Crippen LogP contribution in [0.5, 0.6) is 0 Å². The van der Waals surface area contributed by atoms with Gasteiger partial charge < -0.3 is 14.2 Å². The van der Waals surface area contributed by atoms with E-state index in [2.05, 4.69) is 106 Å². The van der Waals surface area contributed by atoms with Crippen molar-refractivity contribution in [1.82, 2.24) is 0 Å². The minimum absolute atomic E-state index is 0.0726. The van der Waals surface area contributed by atoms with E-state index in [1.165, 1.54) is 141 Å².